The summed E-state index contributed by atoms with van der Waals surface area (Å²) in [6, 6.07) is 13.3. The summed E-state index contributed by atoms with van der Waals surface area (Å²) in [6.45, 7) is 2.42. The summed E-state index contributed by atoms with van der Waals surface area (Å²) in [4.78, 5) is 35.8. The molecule has 0 fully saturated rings. The number of amides is 2. The van der Waals surface area contributed by atoms with Crippen molar-refractivity contribution in [2.24, 2.45) is 0 Å². The maximum atomic E-state index is 12.0. The van der Waals surface area contributed by atoms with Gasteiger partial charge in [0.25, 0.3) is 0 Å². The van der Waals surface area contributed by atoms with Crippen LogP contribution in [0.3, 0.4) is 0 Å². The smallest absolute Gasteiger partial charge is 0.338 e. The maximum Gasteiger partial charge on any atom is 0.338 e. The molecule has 0 bridgehead atoms. The first-order valence-corrected chi connectivity index (χ1v) is 10.7. The zero-order valence-corrected chi connectivity index (χ0v) is 17.6. The van der Waals surface area contributed by atoms with Gasteiger partial charge in [-0.05, 0) is 55.0 Å². The molecule has 6 nitrogen and oxygen atoms in total. The van der Waals surface area contributed by atoms with Crippen LogP contribution in [0, 0.1) is 0 Å². The van der Waals surface area contributed by atoms with Crippen LogP contribution in [0.15, 0.2) is 48.5 Å². The van der Waals surface area contributed by atoms with Gasteiger partial charge in [-0.3, -0.25) is 9.59 Å². The van der Waals surface area contributed by atoms with Crippen LogP contribution in [-0.2, 0) is 14.3 Å². The highest BCUT2D eigenvalue weighted by Crippen LogP contribution is 2.14. The Morgan fingerprint density at radius 3 is 1.93 bits per heavy atom. The third-order valence-electron chi connectivity index (χ3n) is 3.73. The van der Waals surface area contributed by atoms with E-state index in [2.05, 4.69) is 10.6 Å². The molecule has 0 spiro atoms. The topological polar surface area (TPSA) is 84.5 Å². The number of ether oxygens (including phenoxy) is 1. The summed E-state index contributed by atoms with van der Waals surface area (Å²) >= 11 is 7.00. The molecule has 29 heavy (non-hydrogen) atoms. The van der Waals surface area contributed by atoms with Gasteiger partial charge in [0.1, 0.15) is 0 Å². The largest absolute Gasteiger partial charge is 0.462 e. The molecule has 0 saturated carbocycles. The number of anilines is 2. The van der Waals surface area contributed by atoms with E-state index in [9.17, 15) is 14.4 Å². The number of carbonyl (C=O) groups excluding carboxylic acids is 3. The fourth-order valence-corrected chi connectivity index (χ4v) is 2.99. The van der Waals surface area contributed by atoms with Gasteiger partial charge in [0.2, 0.25) is 11.8 Å². The average Bonchev–Trinajstić information content (AvgIpc) is 2.70. The lowest BCUT2D eigenvalue weighted by molar-refractivity contribution is -0.114. The number of esters is 1. The minimum Gasteiger partial charge on any atom is -0.462 e. The molecule has 0 aliphatic heterocycles. The van der Waals surface area contributed by atoms with E-state index in [1.165, 1.54) is 11.8 Å². The summed E-state index contributed by atoms with van der Waals surface area (Å²) in [7, 11) is 0. The number of carbonyl (C=O) groups is 3. The van der Waals surface area contributed by atoms with E-state index in [0.717, 1.165) is 12.8 Å². The Morgan fingerprint density at radius 2 is 1.41 bits per heavy atom. The van der Waals surface area contributed by atoms with Crippen molar-refractivity contribution in [2.45, 2.75) is 19.8 Å². The van der Waals surface area contributed by atoms with Gasteiger partial charge in [-0.25, -0.2) is 4.79 Å². The van der Waals surface area contributed by atoms with E-state index in [1.54, 1.807) is 48.5 Å². The molecular weight excluding hydrogens is 412 g/mol. The van der Waals surface area contributed by atoms with E-state index in [4.69, 9.17) is 16.3 Å². The standard InChI is InChI=1S/C21H23ClN2O4S/c1-2-3-12-28-21(27)15-4-8-17(9-5-15)23-19(25)13-29-14-20(26)24-18-10-6-16(22)7-11-18/h4-11H,2-3,12-14H2,1H3,(H,23,25)(H,24,26). The molecule has 0 aromatic heterocycles. The molecule has 154 valence electrons. The molecular formula is C21H23ClN2O4S. The van der Waals surface area contributed by atoms with E-state index < -0.39 is 0 Å². The zero-order chi connectivity index (χ0) is 21.1. The molecule has 0 radical (unpaired) electrons. The molecule has 2 aromatic carbocycles. The number of thioether (sulfide) groups is 1. The van der Waals surface area contributed by atoms with Gasteiger partial charge in [-0.1, -0.05) is 24.9 Å². The van der Waals surface area contributed by atoms with E-state index >= 15 is 0 Å². The number of rotatable bonds is 10. The molecule has 2 amide bonds. The zero-order valence-electron chi connectivity index (χ0n) is 16.1. The van der Waals surface area contributed by atoms with Gasteiger partial charge in [-0.15, -0.1) is 11.8 Å². The molecule has 2 aromatic rings. The summed E-state index contributed by atoms with van der Waals surface area (Å²) in [5.74, 6) is -0.518. The molecule has 0 aliphatic rings. The Kier molecular flexibility index (Phi) is 9.53. The second kappa shape index (κ2) is 12.1. The third kappa shape index (κ3) is 8.58. The van der Waals surface area contributed by atoms with Crippen molar-refractivity contribution in [3.8, 4) is 0 Å². The van der Waals surface area contributed by atoms with Crippen molar-refractivity contribution >= 4 is 52.5 Å². The van der Waals surface area contributed by atoms with E-state index in [-0.39, 0.29) is 29.3 Å². The SMILES string of the molecule is CCCCOC(=O)c1ccc(NC(=O)CSCC(=O)Nc2ccc(Cl)cc2)cc1. The Morgan fingerprint density at radius 1 is 0.897 bits per heavy atom. The van der Waals surface area contributed by atoms with Crippen LogP contribution < -0.4 is 10.6 Å². The highest BCUT2D eigenvalue weighted by molar-refractivity contribution is 8.00. The fourth-order valence-electron chi connectivity index (χ4n) is 2.25. The molecule has 2 rings (SSSR count). The minimum absolute atomic E-state index is 0.134. The highest BCUT2D eigenvalue weighted by Gasteiger charge is 2.09. The summed E-state index contributed by atoms with van der Waals surface area (Å²) in [6.07, 6.45) is 1.79. The lowest BCUT2D eigenvalue weighted by Crippen LogP contribution is -2.18. The van der Waals surface area contributed by atoms with Crippen molar-refractivity contribution in [1.29, 1.82) is 0 Å². The Balaban J connectivity index is 1.70. The summed E-state index contributed by atoms with van der Waals surface area (Å²) < 4.78 is 5.14. The van der Waals surface area contributed by atoms with Crippen molar-refractivity contribution in [1.82, 2.24) is 0 Å². The van der Waals surface area contributed by atoms with Crippen molar-refractivity contribution in [2.75, 3.05) is 28.7 Å². The van der Waals surface area contributed by atoms with Gasteiger partial charge in [0.05, 0.1) is 23.7 Å². The number of halogens is 1. The van der Waals surface area contributed by atoms with Crippen LogP contribution in [0.1, 0.15) is 30.1 Å². The molecule has 0 heterocycles. The molecule has 0 unspecified atom stereocenters. The number of nitrogens with one attached hydrogen (secondary N) is 2. The molecule has 0 aliphatic carbocycles. The first kappa shape index (κ1) is 22.8. The van der Waals surface area contributed by atoms with Crippen LogP contribution in [0.4, 0.5) is 11.4 Å². The Labute approximate surface area is 179 Å². The third-order valence-corrected chi connectivity index (χ3v) is 4.91. The first-order chi connectivity index (χ1) is 14.0. The van der Waals surface area contributed by atoms with Gasteiger partial charge in [0, 0.05) is 16.4 Å². The number of unbranched alkanes of at least 4 members (excludes halogenated alkanes) is 1. The Hall–Kier alpha value is -2.51. The quantitative estimate of drug-likeness (QED) is 0.421. The molecule has 0 atom stereocenters. The summed E-state index contributed by atoms with van der Waals surface area (Å²) in [5, 5.41) is 6.06. The van der Waals surface area contributed by atoms with E-state index in [1.807, 2.05) is 6.92 Å². The first-order valence-electron chi connectivity index (χ1n) is 9.18. The van der Waals surface area contributed by atoms with Gasteiger partial charge in [0.15, 0.2) is 0 Å². The van der Waals surface area contributed by atoms with Crippen LogP contribution in [0.5, 0.6) is 0 Å². The molecule has 2 N–H and O–H groups in total. The molecule has 8 heteroatoms. The van der Waals surface area contributed by atoms with Gasteiger partial charge >= 0.3 is 5.97 Å². The number of benzene rings is 2. The second-order valence-electron chi connectivity index (χ2n) is 6.16. The van der Waals surface area contributed by atoms with Crippen LogP contribution in [0.25, 0.3) is 0 Å². The minimum atomic E-state index is -0.376. The van der Waals surface area contributed by atoms with Crippen LogP contribution in [-0.4, -0.2) is 35.9 Å². The van der Waals surface area contributed by atoms with Gasteiger partial charge in [-0.2, -0.15) is 0 Å². The lowest BCUT2D eigenvalue weighted by Gasteiger charge is -2.08. The van der Waals surface area contributed by atoms with Crippen LogP contribution in [0.2, 0.25) is 5.02 Å². The number of hydrogen-bond donors (Lipinski definition) is 2. The highest BCUT2D eigenvalue weighted by atomic mass is 35.5. The fraction of sp³-hybridized carbons (Fsp3) is 0.286. The average molecular weight is 435 g/mol. The monoisotopic (exact) mass is 434 g/mol. The Bertz CT molecular complexity index is 826. The maximum absolute atomic E-state index is 12.0. The predicted molar refractivity (Wildman–Crippen MR) is 118 cm³/mol. The molecule has 0 saturated heterocycles. The predicted octanol–water partition coefficient (Wildman–Crippen LogP) is 4.61. The second-order valence-corrected chi connectivity index (χ2v) is 7.58. The van der Waals surface area contributed by atoms with Crippen molar-refractivity contribution < 1.29 is 19.1 Å². The van der Waals surface area contributed by atoms with E-state index in [0.29, 0.717) is 28.6 Å². The van der Waals surface area contributed by atoms with Crippen molar-refractivity contribution in [3.63, 3.8) is 0 Å². The lowest BCUT2D eigenvalue weighted by atomic mass is 10.2. The summed E-state index contributed by atoms with van der Waals surface area (Å²) in [5.41, 5.74) is 1.66. The van der Waals surface area contributed by atoms with Crippen molar-refractivity contribution in [3.05, 3.63) is 59.1 Å². The van der Waals surface area contributed by atoms with Gasteiger partial charge < -0.3 is 15.4 Å². The van der Waals surface area contributed by atoms with Crippen LogP contribution >= 0.6 is 23.4 Å². The normalized spacial score (nSPS) is 10.3. The number of hydrogen-bond acceptors (Lipinski definition) is 5.